The molecule has 0 atom stereocenters. The summed E-state index contributed by atoms with van der Waals surface area (Å²) in [6, 6.07) is 7.27. The zero-order valence-corrected chi connectivity index (χ0v) is 20.9. The fraction of sp³-hybridized carbons (Fsp3) is 0.360. The number of nitrogens with zero attached hydrogens (tertiary/aromatic N) is 3. The Hall–Kier alpha value is -2.91. The van der Waals surface area contributed by atoms with Crippen molar-refractivity contribution in [2.45, 2.75) is 56.8 Å². The number of para-hydroxylation sites is 2. The van der Waals surface area contributed by atoms with Crippen LogP contribution in [0.1, 0.15) is 37.1 Å². The minimum absolute atomic E-state index is 0.0468. The van der Waals surface area contributed by atoms with Crippen molar-refractivity contribution in [3.63, 3.8) is 0 Å². The highest BCUT2D eigenvalue weighted by Crippen LogP contribution is 2.38. The third-order valence-corrected chi connectivity index (χ3v) is 8.58. The molecular formula is C25H26N4O3S2. The Morgan fingerprint density at radius 3 is 2.82 bits per heavy atom. The maximum Gasteiger partial charge on any atom is 0.263 e. The first-order valence-electron chi connectivity index (χ1n) is 11.3. The van der Waals surface area contributed by atoms with Crippen molar-refractivity contribution in [1.29, 1.82) is 0 Å². The molecule has 0 spiro atoms. The fourth-order valence-corrected chi connectivity index (χ4v) is 6.87. The van der Waals surface area contributed by atoms with Crippen LogP contribution in [0.15, 0.2) is 46.9 Å². The highest BCUT2D eigenvalue weighted by molar-refractivity contribution is 7.99. The molecule has 0 saturated heterocycles. The van der Waals surface area contributed by atoms with Gasteiger partial charge in [0.05, 0.1) is 22.5 Å². The minimum atomic E-state index is -1.04. The van der Waals surface area contributed by atoms with E-state index in [1.54, 1.807) is 46.8 Å². The van der Waals surface area contributed by atoms with Gasteiger partial charge in [-0.2, -0.15) is 0 Å². The van der Waals surface area contributed by atoms with Crippen LogP contribution < -0.4 is 15.8 Å². The Balaban J connectivity index is 1.50. The van der Waals surface area contributed by atoms with Crippen LogP contribution in [0.2, 0.25) is 0 Å². The number of fused-ring (bicyclic) bond motifs is 4. The van der Waals surface area contributed by atoms with Crippen molar-refractivity contribution in [2.75, 3.05) is 16.0 Å². The molecule has 5 rings (SSSR count). The molecule has 0 fully saturated rings. The number of thioether (sulfide) groups is 1. The van der Waals surface area contributed by atoms with Gasteiger partial charge in [0.25, 0.3) is 5.56 Å². The molecule has 2 aromatic heterocycles. The Labute approximate surface area is 205 Å². The molecule has 0 saturated carbocycles. The molecule has 7 nitrogen and oxygen atoms in total. The molecule has 9 heteroatoms. The predicted molar refractivity (Wildman–Crippen MR) is 138 cm³/mol. The van der Waals surface area contributed by atoms with Crippen LogP contribution in [-0.4, -0.2) is 32.7 Å². The molecule has 0 unspecified atom stereocenters. The van der Waals surface area contributed by atoms with E-state index in [9.17, 15) is 14.4 Å². The van der Waals surface area contributed by atoms with E-state index in [1.807, 2.05) is 18.2 Å². The number of nitrogens with one attached hydrogen (secondary N) is 1. The summed E-state index contributed by atoms with van der Waals surface area (Å²) in [7, 11) is 0. The van der Waals surface area contributed by atoms with Gasteiger partial charge in [-0.3, -0.25) is 23.9 Å². The molecule has 0 bridgehead atoms. The van der Waals surface area contributed by atoms with Crippen LogP contribution in [0, 0.1) is 0 Å². The number of thiophene rings is 1. The zero-order valence-electron chi connectivity index (χ0n) is 19.2. The number of aromatic nitrogens is 2. The van der Waals surface area contributed by atoms with Crippen LogP contribution in [0.4, 0.5) is 11.4 Å². The largest absolute Gasteiger partial charge is 0.322 e. The Bertz CT molecular complexity index is 1390. The third kappa shape index (κ3) is 3.67. The fourth-order valence-electron chi connectivity index (χ4n) is 4.71. The van der Waals surface area contributed by atoms with Gasteiger partial charge in [-0.05, 0) is 57.2 Å². The summed E-state index contributed by atoms with van der Waals surface area (Å²) < 4.78 is 1.61. The van der Waals surface area contributed by atoms with Gasteiger partial charge in [-0.15, -0.1) is 17.9 Å². The summed E-state index contributed by atoms with van der Waals surface area (Å²) in [5.74, 6) is -0.412. The van der Waals surface area contributed by atoms with E-state index in [1.165, 1.54) is 16.6 Å². The number of hydrogen-bond acceptors (Lipinski definition) is 6. The second-order valence-corrected chi connectivity index (χ2v) is 11.1. The maximum absolute atomic E-state index is 13.5. The van der Waals surface area contributed by atoms with Gasteiger partial charge in [-0.25, -0.2) is 4.98 Å². The summed E-state index contributed by atoms with van der Waals surface area (Å²) in [5, 5.41) is 4.10. The van der Waals surface area contributed by atoms with Gasteiger partial charge < -0.3 is 5.32 Å². The molecule has 2 amide bonds. The van der Waals surface area contributed by atoms with Crippen molar-refractivity contribution in [3.05, 3.63) is 57.7 Å². The monoisotopic (exact) mass is 494 g/mol. The second kappa shape index (κ2) is 8.70. The van der Waals surface area contributed by atoms with Gasteiger partial charge in [0.1, 0.15) is 10.4 Å². The third-order valence-electron chi connectivity index (χ3n) is 6.43. The average Bonchev–Trinajstić information content (AvgIpc) is 3.19. The standard InChI is InChI=1S/C25H26N4O3S2/c1-4-13-28-22(31)20-15-9-5-8-12-18(15)34-21(20)27-24(28)33-14-19(30)29-17-11-7-6-10-16(17)26-23(32)25(29,2)3/h4,6-7,10-11H,1,5,8-9,12-14H2,2-3H3,(H,26,32). The number of hydrogen-bond donors (Lipinski definition) is 1. The van der Waals surface area contributed by atoms with E-state index < -0.39 is 5.54 Å². The topological polar surface area (TPSA) is 84.3 Å². The van der Waals surface area contributed by atoms with Gasteiger partial charge in [0, 0.05) is 11.4 Å². The van der Waals surface area contributed by atoms with Crippen molar-refractivity contribution in [1.82, 2.24) is 9.55 Å². The molecule has 1 aliphatic heterocycles. The Morgan fingerprint density at radius 2 is 2.03 bits per heavy atom. The van der Waals surface area contributed by atoms with Gasteiger partial charge in [-0.1, -0.05) is 30.0 Å². The molecule has 1 aliphatic carbocycles. The van der Waals surface area contributed by atoms with Crippen molar-refractivity contribution < 1.29 is 9.59 Å². The average molecular weight is 495 g/mol. The van der Waals surface area contributed by atoms with Crippen molar-refractivity contribution in [3.8, 4) is 0 Å². The summed E-state index contributed by atoms with van der Waals surface area (Å²) in [6.07, 6.45) is 5.80. The smallest absolute Gasteiger partial charge is 0.263 e. The molecular weight excluding hydrogens is 468 g/mol. The summed E-state index contributed by atoms with van der Waals surface area (Å²) in [6.45, 7) is 7.59. The SMILES string of the molecule is C=CCn1c(SCC(=O)N2c3ccccc3NC(=O)C2(C)C)nc2sc3c(c2c1=O)CCCC3. The number of rotatable bonds is 5. The lowest BCUT2D eigenvalue weighted by atomic mass is 9.96. The number of carbonyl (C=O) groups excluding carboxylic acids is 2. The van der Waals surface area contributed by atoms with Crippen LogP contribution in [-0.2, 0) is 29.0 Å². The highest BCUT2D eigenvalue weighted by Gasteiger charge is 2.43. The van der Waals surface area contributed by atoms with Crippen LogP contribution in [0.5, 0.6) is 0 Å². The van der Waals surface area contributed by atoms with Crippen molar-refractivity contribution >= 4 is 56.5 Å². The van der Waals surface area contributed by atoms with Crippen molar-refractivity contribution in [2.24, 2.45) is 0 Å². The molecule has 0 radical (unpaired) electrons. The Kier molecular flexibility index (Phi) is 5.85. The van der Waals surface area contributed by atoms with Gasteiger partial charge in [0.2, 0.25) is 11.8 Å². The first-order valence-corrected chi connectivity index (χ1v) is 13.2. The van der Waals surface area contributed by atoms with E-state index >= 15 is 0 Å². The van der Waals surface area contributed by atoms with Crippen LogP contribution >= 0.6 is 23.1 Å². The highest BCUT2D eigenvalue weighted by atomic mass is 32.2. The number of carbonyl (C=O) groups is 2. The maximum atomic E-state index is 13.5. The predicted octanol–water partition coefficient (Wildman–Crippen LogP) is 4.38. The first kappa shape index (κ1) is 22.9. The minimum Gasteiger partial charge on any atom is -0.322 e. The molecule has 3 heterocycles. The quantitative estimate of drug-likeness (QED) is 0.323. The normalized spacial score (nSPS) is 16.6. The second-order valence-electron chi connectivity index (χ2n) is 9.04. The first-order chi connectivity index (χ1) is 16.3. The van der Waals surface area contributed by atoms with Crippen LogP contribution in [0.25, 0.3) is 10.2 Å². The summed E-state index contributed by atoms with van der Waals surface area (Å²) in [5.41, 5.74) is 1.30. The van der Waals surface area contributed by atoms with Crippen LogP contribution in [0.3, 0.4) is 0 Å². The summed E-state index contributed by atoms with van der Waals surface area (Å²) >= 11 is 2.82. The number of anilines is 2. The molecule has 2 aliphatic rings. The molecule has 176 valence electrons. The molecule has 1 aromatic carbocycles. The van der Waals surface area contributed by atoms with E-state index in [0.717, 1.165) is 41.5 Å². The number of aryl methyl sites for hydroxylation is 2. The number of allylic oxidation sites excluding steroid dienone is 1. The summed E-state index contributed by atoms with van der Waals surface area (Å²) in [4.78, 5) is 48.0. The van der Waals surface area contributed by atoms with Gasteiger partial charge >= 0.3 is 0 Å². The van der Waals surface area contributed by atoms with Gasteiger partial charge in [0.15, 0.2) is 5.16 Å². The van der Waals surface area contributed by atoms with E-state index in [4.69, 9.17) is 4.98 Å². The number of benzene rings is 1. The zero-order chi connectivity index (χ0) is 24.0. The Morgan fingerprint density at radius 1 is 1.26 bits per heavy atom. The molecule has 3 aromatic rings. The lowest BCUT2D eigenvalue weighted by Gasteiger charge is -2.42. The lowest BCUT2D eigenvalue weighted by molar-refractivity contribution is -0.125. The molecule has 1 N–H and O–H groups in total. The van der Waals surface area contributed by atoms with E-state index in [-0.39, 0.29) is 23.1 Å². The number of amides is 2. The van der Waals surface area contributed by atoms with E-state index in [2.05, 4.69) is 11.9 Å². The molecule has 34 heavy (non-hydrogen) atoms. The lowest BCUT2D eigenvalue weighted by Crippen LogP contribution is -2.59. The van der Waals surface area contributed by atoms with E-state index in [0.29, 0.717) is 23.1 Å².